The van der Waals surface area contributed by atoms with E-state index in [2.05, 4.69) is 31.1 Å². The van der Waals surface area contributed by atoms with Crippen LogP contribution in [0.15, 0.2) is 61.2 Å². The van der Waals surface area contributed by atoms with Crippen molar-refractivity contribution in [3.05, 3.63) is 66.7 Å². The van der Waals surface area contributed by atoms with Crippen molar-refractivity contribution in [2.24, 2.45) is 5.92 Å². The summed E-state index contributed by atoms with van der Waals surface area (Å²) in [6.45, 7) is 8.97. The standard InChI is InChI=1S/C22H26N2O3S/c1-4-14-27-20-8-6-5-7-19(20)23-22(28)24-21(25)17-9-11-18(12-10-17)26-15-13-16(2)3/h4-12,16H,1,13-15H2,2-3H3,(H2,23,24,25,28). The summed E-state index contributed by atoms with van der Waals surface area (Å²) in [4.78, 5) is 12.4. The Morgan fingerprint density at radius 1 is 1.14 bits per heavy atom. The van der Waals surface area contributed by atoms with Gasteiger partial charge in [0.05, 0.1) is 12.3 Å². The molecule has 0 aliphatic rings. The van der Waals surface area contributed by atoms with Crippen LogP contribution in [0.4, 0.5) is 5.69 Å². The molecule has 1 amide bonds. The molecule has 2 aromatic rings. The van der Waals surface area contributed by atoms with Crippen LogP contribution in [0.1, 0.15) is 30.6 Å². The predicted molar refractivity (Wildman–Crippen MR) is 117 cm³/mol. The van der Waals surface area contributed by atoms with E-state index in [0.717, 1.165) is 12.2 Å². The highest BCUT2D eigenvalue weighted by Gasteiger charge is 2.10. The third-order valence-corrected chi connectivity index (χ3v) is 4.00. The monoisotopic (exact) mass is 398 g/mol. The fraction of sp³-hybridized carbons (Fsp3) is 0.273. The molecule has 2 aromatic carbocycles. The third kappa shape index (κ3) is 7.04. The minimum atomic E-state index is -0.296. The van der Waals surface area contributed by atoms with Gasteiger partial charge in [-0.05, 0) is 61.0 Å². The number of para-hydroxylation sites is 2. The lowest BCUT2D eigenvalue weighted by atomic mass is 10.1. The van der Waals surface area contributed by atoms with Crippen molar-refractivity contribution in [3.63, 3.8) is 0 Å². The first kappa shape index (κ1) is 21.4. The number of hydrogen-bond acceptors (Lipinski definition) is 4. The van der Waals surface area contributed by atoms with Crippen molar-refractivity contribution in [1.29, 1.82) is 0 Å². The molecule has 6 heteroatoms. The molecule has 2 N–H and O–H groups in total. The number of anilines is 1. The Hall–Kier alpha value is -2.86. The molecule has 0 atom stereocenters. The third-order valence-electron chi connectivity index (χ3n) is 3.80. The summed E-state index contributed by atoms with van der Waals surface area (Å²) < 4.78 is 11.2. The maximum atomic E-state index is 12.4. The second-order valence-electron chi connectivity index (χ2n) is 6.56. The molecule has 0 spiro atoms. The SMILES string of the molecule is C=CCOc1ccccc1NC(=S)NC(=O)c1ccc(OCCC(C)C)cc1. The van der Waals surface area contributed by atoms with Gasteiger partial charge in [-0.3, -0.25) is 10.1 Å². The normalized spacial score (nSPS) is 10.2. The molecule has 0 aromatic heterocycles. The lowest BCUT2D eigenvalue weighted by Crippen LogP contribution is -2.34. The Labute approximate surface area is 171 Å². The van der Waals surface area contributed by atoms with Crippen LogP contribution in [0.5, 0.6) is 11.5 Å². The van der Waals surface area contributed by atoms with Crippen molar-refractivity contribution < 1.29 is 14.3 Å². The van der Waals surface area contributed by atoms with Crippen molar-refractivity contribution in [2.45, 2.75) is 20.3 Å². The summed E-state index contributed by atoms with van der Waals surface area (Å²) in [7, 11) is 0. The fourth-order valence-corrected chi connectivity index (χ4v) is 2.49. The molecule has 0 aliphatic carbocycles. The van der Waals surface area contributed by atoms with Gasteiger partial charge >= 0.3 is 0 Å². The minimum Gasteiger partial charge on any atom is -0.494 e. The van der Waals surface area contributed by atoms with Gasteiger partial charge in [-0.2, -0.15) is 0 Å². The van der Waals surface area contributed by atoms with E-state index in [0.29, 0.717) is 36.1 Å². The predicted octanol–water partition coefficient (Wildman–Crippen LogP) is 4.80. The highest BCUT2D eigenvalue weighted by Crippen LogP contribution is 2.23. The lowest BCUT2D eigenvalue weighted by Gasteiger charge is -2.14. The number of carbonyl (C=O) groups excluding carboxylic acids is 1. The topological polar surface area (TPSA) is 59.6 Å². The molecule has 148 valence electrons. The van der Waals surface area contributed by atoms with Crippen LogP contribution in [0.2, 0.25) is 0 Å². The number of hydrogen-bond donors (Lipinski definition) is 2. The summed E-state index contributed by atoms with van der Waals surface area (Å²) in [6.07, 6.45) is 2.65. The van der Waals surface area contributed by atoms with Crippen molar-refractivity contribution >= 4 is 28.9 Å². The molecule has 5 nitrogen and oxygen atoms in total. The Morgan fingerprint density at radius 2 is 1.86 bits per heavy atom. The maximum Gasteiger partial charge on any atom is 0.257 e. The molecular formula is C22H26N2O3S. The van der Waals surface area contributed by atoms with Crippen molar-refractivity contribution in [2.75, 3.05) is 18.5 Å². The number of benzene rings is 2. The quantitative estimate of drug-likeness (QED) is 0.469. The molecule has 0 fully saturated rings. The molecule has 0 unspecified atom stereocenters. The van der Waals surface area contributed by atoms with Crippen LogP contribution >= 0.6 is 12.2 Å². The van der Waals surface area contributed by atoms with Gasteiger partial charge in [0.15, 0.2) is 5.11 Å². The van der Waals surface area contributed by atoms with E-state index < -0.39 is 0 Å². The summed E-state index contributed by atoms with van der Waals surface area (Å²) in [5.41, 5.74) is 1.17. The summed E-state index contributed by atoms with van der Waals surface area (Å²) in [6, 6.07) is 14.3. The zero-order valence-electron chi connectivity index (χ0n) is 16.2. The van der Waals surface area contributed by atoms with Gasteiger partial charge < -0.3 is 14.8 Å². The number of carbonyl (C=O) groups is 1. The summed E-state index contributed by atoms with van der Waals surface area (Å²) in [5, 5.41) is 5.85. The van der Waals surface area contributed by atoms with Crippen LogP contribution in [-0.4, -0.2) is 24.2 Å². The zero-order chi connectivity index (χ0) is 20.4. The van der Waals surface area contributed by atoms with Gasteiger partial charge in [0.1, 0.15) is 18.1 Å². The minimum absolute atomic E-state index is 0.192. The van der Waals surface area contributed by atoms with Crippen molar-refractivity contribution in [3.8, 4) is 11.5 Å². The molecule has 0 aliphatic heterocycles. The maximum absolute atomic E-state index is 12.4. The zero-order valence-corrected chi connectivity index (χ0v) is 17.1. The van der Waals surface area contributed by atoms with Gasteiger partial charge in [-0.15, -0.1) is 0 Å². The summed E-state index contributed by atoms with van der Waals surface area (Å²) in [5.74, 6) is 1.66. The molecule has 0 radical (unpaired) electrons. The van der Waals surface area contributed by atoms with Gasteiger partial charge in [-0.25, -0.2) is 0 Å². The second kappa shape index (κ2) is 11.1. The summed E-state index contributed by atoms with van der Waals surface area (Å²) >= 11 is 5.25. The van der Waals surface area contributed by atoms with Crippen LogP contribution in [0.3, 0.4) is 0 Å². The van der Waals surface area contributed by atoms with Gasteiger partial charge in [-0.1, -0.05) is 38.6 Å². The van der Waals surface area contributed by atoms with E-state index in [1.165, 1.54) is 0 Å². The van der Waals surface area contributed by atoms with Gasteiger partial charge in [0.25, 0.3) is 5.91 Å². The molecule has 0 saturated carbocycles. The van der Waals surface area contributed by atoms with Gasteiger partial charge in [0.2, 0.25) is 0 Å². The van der Waals surface area contributed by atoms with E-state index in [9.17, 15) is 4.79 Å². The average Bonchev–Trinajstić information content (AvgIpc) is 2.67. The van der Waals surface area contributed by atoms with Crippen LogP contribution in [0, 0.1) is 5.92 Å². The average molecular weight is 399 g/mol. The number of amides is 1. The highest BCUT2D eigenvalue weighted by atomic mass is 32.1. The van der Waals surface area contributed by atoms with E-state index in [4.69, 9.17) is 21.7 Å². The Kier molecular flexibility index (Phi) is 8.49. The number of ether oxygens (including phenoxy) is 2. The molecule has 0 bridgehead atoms. The molecular weight excluding hydrogens is 372 g/mol. The second-order valence-corrected chi connectivity index (χ2v) is 6.97. The first-order chi connectivity index (χ1) is 13.5. The molecule has 2 rings (SSSR count). The first-order valence-corrected chi connectivity index (χ1v) is 9.58. The Bertz CT molecular complexity index is 804. The van der Waals surface area contributed by atoms with Crippen LogP contribution in [0.25, 0.3) is 0 Å². The van der Waals surface area contributed by atoms with Crippen LogP contribution in [-0.2, 0) is 0 Å². The van der Waals surface area contributed by atoms with E-state index in [1.807, 2.05) is 24.3 Å². The Morgan fingerprint density at radius 3 is 2.54 bits per heavy atom. The molecule has 0 heterocycles. The fourth-order valence-electron chi connectivity index (χ4n) is 2.29. The largest absolute Gasteiger partial charge is 0.494 e. The number of nitrogens with one attached hydrogen (secondary N) is 2. The number of thiocarbonyl (C=S) groups is 1. The van der Waals surface area contributed by atoms with E-state index >= 15 is 0 Å². The van der Waals surface area contributed by atoms with E-state index in [-0.39, 0.29) is 11.0 Å². The van der Waals surface area contributed by atoms with Crippen LogP contribution < -0.4 is 20.1 Å². The van der Waals surface area contributed by atoms with E-state index in [1.54, 1.807) is 30.3 Å². The lowest BCUT2D eigenvalue weighted by molar-refractivity contribution is 0.0977. The van der Waals surface area contributed by atoms with Gasteiger partial charge in [0, 0.05) is 5.56 Å². The number of rotatable bonds is 9. The highest BCUT2D eigenvalue weighted by molar-refractivity contribution is 7.80. The Balaban J connectivity index is 1.90. The molecule has 0 saturated heterocycles. The first-order valence-electron chi connectivity index (χ1n) is 9.17. The molecule has 28 heavy (non-hydrogen) atoms. The van der Waals surface area contributed by atoms with Crippen molar-refractivity contribution in [1.82, 2.24) is 5.32 Å². The smallest absolute Gasteiger partial charge is 0.257 e.